The van der Waals surface area contributed by atoms with Gasteiger partial charge < -0.3 is 33.8 Å². The van der Waals surface area contributed by atoms with Crippen LogP contribution >= 0.6 is 15.6 Å². The Labute approximate surface area is 600 Å². The van der Waals surface area contributed by atoms with Crippen LogP contribution in [0.15, 0.2) is 0 Å². The molecule has 0 aromatic carbocycles. The van der Waals surface area contributed by atoms with E-state index in [-0.39, 0.29) is 25.7 Å². The maximum atomic E-state index is 13.1. The number of carbonyl (C=O) groups excluding carboxylic acids is 4. The van der Waals surface area contributed by atoms with Crippen LogP contribution in [0.3, 0.4) is 0 Å². The summed E-state index contributed by atoms with van der Waals surface area (Å²) in [5, 5.41) is 10.6. The molecule has 0 radical (unpaired) electrons. The molecule has 0 aliphatic rings. The minimum absolute atomic E-state index is 0.108. The quantitative estimate of drug-likeness (QED) is 0.0222. The highest BCUT2D eigenvalue weighted by Crippen LogP contribution is 2.45. The van der Waals surface area contributed by atoms with Gasteiger partial charge in [-0.25, -0.2) is 9.13 Å². The van der Waals surface area contributed by atoms with Gasteiger partial charge in [-0.1, -0.05) is 369 Å². The van der Waals surface area contributed by atoms with E-state index in [1.165, 1.54) is 244 Å². The van der Waals surface area contributed by atoms with Gasteiger partial charge >= 0.3 is 39.5 Å². The van der Waals surface area contributed by atoms with Crippen molar-refractivity contribution in [3.8, 4) is 0 Å². The molecule has 2 unspecified atom stereocenters. The Balaban J connectivity index is 5.22. The van der Waals surface area contributed by atoms with E-state index in [1.54, 1.807) is 0 Å². The summed E-state index contributed by atoms with van der Waals surface area (Å²) in [7, 11) is -9.91. The van der Waals surface area contributed by atoms with Gasteiger partial charge in [-0.05, 0) is 31.6 Å². The highest BCUT2D eigenvalue weighted by Gasteiger charge is 2.30. The maximum Gasteiger partial charge on any atom is 0.472 e. The zero-order chi connectivity index (χ0) is 71.9. The van der Waals surface area contributed by atoms with E-state index in [9.17, 15) is 43.2 Å². The Hall–Kier alpha value is -1.94. The molecule has 3 N–H and O–H groups in total. The van der Waals surface area contributed by atoms with Crippen molar-refractivity contribution in [1.29, 1.82) is 0 Å². The van der Waals surface area contributed by atoms with Gasteiger partial charge in [0.25, 0.3) is 0 Å². The van der Waals surface area contributed by atoms with Crippen LogP contribution in [-0.4, -0.2) is 96.7 Å². The Morgan fingerprint density at radius 2 is 0.469 bits per heavy atom. The average molecular weight is 1440 g/mol. The topological polar surface area (TPSA) is 237 Å². The molecule has 0 bridgehead atoms. The first-order valence-electron chi connectivity index (χ1n) is 41.1. The van der Waals surface area contributed by atoms with E-state index in [2.05, 4.69) is 34.6 Å². The molecule has 0 aromatic rings. The van der Waals surface area contributed by atoms with Crippen LogP contribution in [0.25, 0.3) is 0 Å². The first kappa shape index (κ1) is 96.1. The lowest BCUT2D eigenvalue weighted by Crippen LogP contribution is -2.30. The largest absolute Gasteiger partial charge is 0.472 e. The van der Waals surface area contributed by atoms with E-state index in [0.29, 0.717) is 25.7 Å². The van der Waals surface area contributed by atoms with Crippen LogP contribution in [-0.2, 0) is 65.4 Å². The van der Waals surface area contributed by atoms with Crippen molar-refractivity contribution in [3.05, 3.63) is 0 Å². The van der Waals surface area contributed by atoms with Crippen molar-refractivity contribution < 1.29 is 80.2 Å². The third kappa shape index (κ3) is 72.4. The van der Waals surface area contributed by atoms with Gasteiger partial charge in [-0.2, -0.15) is 0 Å². The molecule has 5 atom stereocenters. The summed E-state index contributed by atoms with van der Waals surface area (Å²) in [4.78, 5) is 72.9. The van der Waals surface area contributed by atoms with Gasteiger partial charge in [-0.15, -0.1) is 0 Å². The van der Waals surface area contributed by atoms with Gasteiger partial charge in [0, 0.05) is 25.7 Å². The zero-order valence-electron chi connectivity index (χ0n) is 63.9. The summed E-state index contributed by atoms with van der Waals surface area (Å²) in [5.74, 6) is -1.33. The predicted octanol–water partition coefficient (Wildman–Crippen LogP) is 23.6. The first-order chi connectivity index (χ1) is 47.5. The molecule has 0 amide bonds. The van der Waals surface area contributed by atoms with E-state index in [4.69, 9.17) is 37.0 Å². The number of esters is 4. The molecule has 0 aliphatic heterocycles. The molecule has 0 spiro atoms. The minimum Gasteiger partial charge on any atom is -0.462 e. The molecule has 0 fully saturated rings. The van der Waals surface area contributed by atoms with Crippen LogP contribution in [0.4, 0.5) is 0 Å². The Bertz CT molecular complexity index is 1870. The van der Waals surface area contributed by atoms with Gasteiger partial charge in [0.2, 0.25) is 0 Å². The molecule has 582 valence electrons. The van der Waals surface area contributed by atoms with E-state index < -0.39 is 97.5 Å². The molecule has 0 rings (SSSR count). The third-order valence-electron chi connectivity index (χ3n) is 18.5. The van der Waals surface area contributed by atoms with Gasteiger partial charge in [-0.3, -0.25) is 37.3 Å². The van der Waals surface area contributed by atoms with Crippen LogP contribution in [0.5, 0.6) is 0 Å². The number of rotatable bonds is 79. The molecular formula is C79H154O17P2. The van der Waals surface area contributed by atoms with Crippen LogP contribution < -0.4 is 0 Å². The lowest BCUT2D eigenvalue weighted by atomic mass is 10.0. The number of ether oxygens (including phenoxy) is 4. The molecule has 98 heavy (non-hydrogen) atoms. The van der Waals surface area contributed by atoms with E-state index in [0.717, 1.165) is 95.8 Å². The smallest absolute Gasteiger partial charge is 0.462 e. The average Bonchev–Trinajstić information content (AvgIpc) is 0.983. The number of carbonyl (C=O) groups is 4. The second-order valence-electron chi connectivity index (χ2n) is 28.9. The van der Waals surface area contributed by atoms with Crippen molar-refractivity contribution in [2.45, 2.75) is 438 Å². The number of phosphoric acid groups is 2. The van der Waals surface area contributed by atoms with Crippen molar-refractivity contribution in [2.24, 2.45) is 5.92 Å². The third-order valence-corrected chi connectivity index (χ3v) is 20.4. The van der Waals surface area contributed by atoms with Crippen molar-refractivity contribution in [1.82, 2.24) is 0 Å². The fraction of sp³-hybridized carbons (Fsp3) is 0.949. The summed E-state index contributed by atoms with van der Waals surface area (Å²) < 4.78 is 68.6. The number of aliphatic hydroxyl groups excluding tert-OH is 1. The second-order valence-corrected chi connectivity index (χ2v) is 31.8. The van der Waals surface area contributed by atoms with Gasteiger partial charge in [0.15, 0.2) is 12.2 Å². The Morgan fingerprint density at radius 3 is 0.694 bits per heavy atom. The standard InChI is InChI=1S/C79H154O17P2/c1-6-9-12-15-18-21-23-25-27-28-29-30-32-34-40-45-50-55-60-65-79(84)96-75(69-90-77(82)63-58-53-48-43-38-36-35-37-42-46-51-56-61-72(4)5)71-94-98(87,88)92-67-73(80)66-91-97(85,86)93-70-74(68-89-76(81)62-57-52-47-41-20-17-14-11-8-3)95-78(83)64-59-54-49-44-39-33-31-26-24-22-19-16-13-10-7-2/h72-75,80H,6-71H2,1-5H3,(H,85,86)(H,87,88)/t73-,74+,75+/m0/s1. The van der Waals surface area contributed by atoms with Crippen molar-refractivity contribution in [2.75, 3.05) is 39.6 Å². The highest BCUT2D eigenvalue weighted by atomic mass is 31.2. The van der Waals surface area contributed by atoms with E-state index >= 15 is 0 Å². The number of unbranched alkanes of at least 4 members (excludes halogenated alkanes) is 51. The van der Waals surface area contributed by atoms with Crippen LogP contribution in [0, 0.1) is 5.92 Å². The summed E-state index contributed by atoms with van der Waals surface area (Å²) in [6.45, 7) is 7.32. The molecule has 19 heteroatoms. The van der Waals surface area contributed by atoms with Crippen molar-refractivity contribution >= 4 is 39.5 Å². The fourth-order valence-electron chi connectivity index (χ4n) is 12.2. The number of aliphatic hydroxyl groups is 1. The molecule has 17 nitrogen and oxygen atoms in total. The highest BCUT2D eigenvalue weighted by molar-refractivity contribution is 7.47. The fourth-order valence-corrected chi connectivity index (χ4v) is 13.8. The Kier molecular flexibility index (Phi) is 70.6. The molecule has 0 aromatic heterocycles. The maximum absolute atomic E-state index is 13.1. The lowest BCUT2D eigenvalue weighted by molar-refractivity contribution is -0.161. The molecule has 0 heterocycles. The normalized spacial score (nSPS) is 13.9. The summed E-state index contributed by atoms with van der Waals surface area (Å²) in [6.07, 6.45) is 62.4. The number of hydrogen-bond acceptors (Lipinski definition) is 15. The van der Waals surface area contributed by atoms with Gasteiger partial charge in [0.05, 0.1) is 26.4 Å². The summed E-state index contributed by atoms with van der Waals surface area (Å²) in [5.41, 5.74) is 0. The van der Waals surface area contributed by atoms with Crippen LogP contribution in [0.1, 0.15) is 420 Å². The predicted molar refractivity (Wildman–Crippen MR) is 400 cm³/mol. The van der Waals surface area contributed by atoms with Crippen LogP contribution in [0.2, 0.25) is 0 Å². The lowest BCUT2D eigenvalue weighted by Gasteiger charge is -2.21. The molecule has 0 saturated heterocycles. The molecule has 0 saturated carbocycles. The number of hydrogen-bond donors (Lipinski definition) is 3. The Morgan fingerprint density at radius 1 is 0.276 bits per heavy atom. The summed E-state index contributed by atoms with van der Waals surface area (Å²) >= 11 is 0. The summed E-state index contributed by atoms with van der Waals surface area (Å²) in [6, 6.07) is 0. The second kappa shape index (κ2) is 72.0. The van der Waals surface area contributed by atoms with Crippen molar-refractivity contribution in [3.63, 3.8) is 0 Å². The van der Waals surface area contributed by atoms with Gasteiger partial charge in [0.1, 0.15) is 19.3 Å². The number of phosphoric ester groups is 2. The molecular weight excluding hydrogens is 1280 g/mol. The SMILES string of the molecule is CCCCCCCCCCCCCCCCCCCCCC(=O)O[C@H](COC(=O)CCCCCCCCCCCCCCC(C)C)COP(=O)(O)OC[C@@H](O)COP(=O)(O)OC[C@@H](COC(=O)CCCCCCCCCCC)OC(=O)CCCCCCCCCCCCCCCCC. The first-order valence-corrected chi connectivity index (χ1v) is 44.1. The molecule has 0 aliphatic carbocycles. The van der Waals surface area contributed by atoms with E-state index in [1.807, 2.05) is 0 Å². The zero-order valence-corrected chi connectivity index (χ0v) is 65.7. The monoisotopic (exact) mass is 1440 g/mol. The minimum atomic E-state index is -4.96.